The maximum atomic E-state index is 4.66. The van der Waals surface area contributed by atoms with Gasteiger partial charge in [0.1, 0.15) is 5.82 Å². The number of aromatic nitrogens is 8. The van der Waals surface area contributed by atoms with Crippen LogP contribution in [0.2, 0.25) is 0 Å². The van der Waals surface area contributed by atoms with E-state index in [1.165, 1.54) is 0 Å². The van der Waals surface area contributed by atoms with Crippen LogP contribution in [0.5, 0.6) is 0 Å². The number of hydrogen-bond acceptors (Lipinski definition) is 6. The minimum Gasteiger partial charge on any atom is -0.259 e. The Labute approximate surface area is 163 Å². The first-order chi connectivity index (χ1) is 13.8. The van der Waals surface area contributed by atoms with Gasteiger partial charge in [-0.2, -0.15) is 10.3 Å². The zero-order chi connectivity index (χ0) is 19.3. The van der Waals surface area contributed by atoms with Gasteiger partial charge in [0.15, 0.2) is 5.82 Å². The van der Waals surface area contributed by atoms with Crippen LogP contribution in [0.1, 0.15) is 37.6 Å². The van der Waals surface area contributed by atoms with E-state index in [4.69, 9.17) is 0 Å². The zero-order valence-corrected chi connectivity index (χ0v) is 16.0. The molecule has 4 aromatic rings. The molecule has 28 heavy (non-hydrogen) atoms. The Morgan fingerprint density at radius 2 is 1.89 bits per heavy atom. The maximum Gasteiger partial charge on any atom is 0.205 e. The summed E-state index contributed by atoms with van der Waals surface area (Å²) < 4.78 is 1.97. The van der Waals surface area contributed by atoms with E-state index in [1.54, 1.807) is 0 Å². The SMILES string of the molecule is CCCc1nc(CC)nn1Cc1ccc(-c2ccccc2-c2nn[nH]n2)cn1. The van der Waals surface area contributed by atoms with Crippen molar-refractivity contribution in [3.8, 4) is 22.5 Å². The highest BCUT2D eigenvalue weighted by atomic mass is 15.5. The van der Waals surface area contributed by atoms with Crippen LogP contribution in [0.3, 0.4) is 0 Å². The molecule has 8 nitrogen and oxygen atoms in total. The first-order valence-corrected chi connectivity index (χ1v) is 9.49. The van der Waals surface area contributed by atoms with Gasteiger partial charge in [0.25, 0.3) is 0 Å². The second-order valence-electron chi connectivity index (χ2n) is 6.52. The van der Waals surface area contributed by atoms with Crippen molar-refractivity contribution in [1.82, 2.24) is 40.4 Å². The molecule has 0 radical (unpaired) electrons. The van der Waals surface area contributed by atoms with Gasteiger partial charge in [0.05, 0.1) is 12.2 Å². The third-order valence-corrected chi connectivity index (χ3v) is 4.54. The molecule has 4 rings (SSSR count). The Balaban J connectivity index is 1.60. The highest BCUT2D eigenvalue weighted by Gasteiger charge is 2.12. The van der Waals surface area contributed by atoms with E-state index in [2.05, 4.69) is 55.6 Å². The van der Waals surface area contributed by atoms with Crippen LogP contribution in [0.4, 0.5) is 0 Å². The molecule has 1 N–H and O–H groups in total. The Kier molecular flexibility index (Phi) is 5.18. The van der Waals surface area contributed by atoms with Gasteiger partial charge in [0.2, 0.25) is 5.82 Å². The van der Waals surface area contributed by atoms with Gasteiger partial charge in [-0.15, -0.1) is 10.2 Å². The van der Waals surface area contributed by atoms with Crippen molar-refractivity contribution in [3.05, 3.63) is 59.9 Å². The average Bonchev–Trinajstić information content (AvgIpc) is 3.39. The molecule has 0 aliphatic heterocycles. The number of aryl methyl sites for hydroxylation is 2. The van der Waals surface area contributed by atoms with E-state index in [1.807, 2.05) is 41.2 Å². The molecule has 0 fully saturated rings. The summed E-state index contributed by atoms with van der Waals surface area (Å²) in [6.07, 6.45) is 4.68. The number of H-pyrrole nitrogens is 1. The standard InChI is InChI=1S/C20H22N8/c1-3-7-19-22-18(4-2)25-28(19)13-15-11-10-14(12-21-15)16-8-5-6-9-17(16)20-23-26-27-24-20/h5-6,8-12H,3-4,7,13H2,1-2H3,(H,23,24,26,27). The Bertz CT molecular complexity index is 1030. The highest BCUT2D eigenvalue weighted by molar-refractivity contribution is 5.79. The minimum atomic E-state index is 0.568. The Morgan fingerprint density at radius 1 is 1.04 bits per heavy atom. The van der Waals surface area contributed by atoms with Gasteiger partial charge < -0.3 is 0 Å². The van der Waals surface area contributed by atoms with Crippen molar-refractivity contribution in [2.45, 2.75) is 39.7 Å². The molecule has 0 aliphatic carbocycles. The lowest BCUT2D eigenvalue weighted by Crippen LogP contribution is -2.08. The summed E-state index contributed by atoms with van der Waals surface area (Å²) in [5.41, 5.74) is 3.89. The van der Waals surface area contributed by atoms with Crippen molar-refractivity contribution in [3.63, 3.8) is 0 Å². The van der Waals surface area contributed by atoms with Crippen molar-refractivity contribution < 1.29 is 0 Å². The molecule has 3 heterocycles. The number of tetrazole rings is 1. The van der Waals surface area contributed by atoms with Gasteiger partial charge >= 0.3 is 0 Å². The van der Waals surface area contributed by atoms with Crippen LogP contribution in [-0.4, -0.2) is 40.4 Å². The van der Waals surface area contributed by atoms with Gasteiger partial charge in [-0.3, -0.25) is 4.98 Å². The molecule has 0 amide bonds. The molecule has 142 valence electrons. The molecule has 0 unspecified atom stereocenters. The molecule has 0 atom stereocenters. The van der Waals surface area contributed by atoms with Crippen molar-refractivity contribution >= 4 is 0 Å². The fourth-order valence-corrected chi connectivity index (χ4v) is 3.15. The van der Waals surface area contributed by atoms with Crippen LogP contribution in [0.15, 0.2) is 42.6 Å². The molecule has 1 aromatic carbocycles. The fourth-order valence-electron chi connectivity index (χ4n) is 3.15. The molecule has 0 bridgehead atoms. The first-order valence-electron chi connectivity index (χ1n) is 9.49. The lowest BCUT2D eigenvalue weighted by Gasteiger charge is -2.08. The van der Waals surface area contributed by atoms with Gasteiger partial charge in [-0.25, -0.2) is 9.67 Å². The molecule has 0 saturated carbocycles. The third-order valence-electron chi connectivity index (χ3n) is 4.54. The summed E-state index contributed by atoms with van der Waals surface area (Å²) >= 11 is 0. The van der Waals surface area contributed by atoms with Crippen LogP contribution in [0, 0.1) is 0 Å². The topological polar surface area (TPSA) is 98.1 Å². The molecule has 8 heteroatoms. The monoisotopic (exact) mass is 374 g/mol. The van der Waals surface area contributed by atoms with Crippen LogP contribution < -0.4 is 0 Å². The normalized spacial score (nSPS) is 11.1. The van der Waals surface area contributed by atoms with Gasteiger partial charge in [0, 0.05) is 30.2 Å². The predicted octanol–water partition coefficient (Wildman–Crippen LogP) is 3.08. The quantitative estimate of drug-likeness (QED) is 0.534. The van der Waals surface area contributed by atoms with E-state index < -0.39 is 0 Å². The molecular formula is C20H22N8. The third kappa shape index (κ3) is 3.66. The molecule has 0 spiro atoms. The van der Waals surface area contributed by atoms with E-state index in [-0.39, 0.29) is 0 Å². The van der Waals surface area contributed by atoms with Crippen LogP contribution >= 0.6 is 0 Å². The number of aromatic amines is 1. The first kappa shape index (κ1) is 18.0. The zero-order valence-electron chi connectivity index (χ0n) is 16.0. The maximum absolute atomic E-state index is 4.66. The van der Waals surface area contributed by atoms with E-state index in [0.717, 1.165) is 53.3 Å². The number of benzene rings is 1. The summed E-state index contributed by atoms with van der Waals surface area (Å²) in [6, 6.07) is 12.1. The number of rotatable bonds is 7. The highest BCUT2D eigenvalue weighted by Crippen LogP contribution is 2.29. The summed E-state index contributed by atoms with van der Waals surface area (Å²) in [5.74, 6) is 2.47. The van der Waals surface area contributed by atoms with Crippen LogP contribution in [-0.2, 0) is 19.4 Å². The number of nitrogens with zero attached hydrogens (tertiary/aromatic N) is 7. The number of pyridine rings is 1. The van der Waals surface area contributed by atoms with Crippen LogP contribution in [0.25, 0.3) is 22.5 Å². The summed E-state index contributed by atoms with van der Waals surface area (Å²) in [7, 11) is 0. The van der Waals surface area contributed by atoms with Crippen molar-refractivity contribution in [2.24, 2.45) is 0 Å². The summed E-state index contributed by atoms with van der Waals surface area (Å²) in [4.78, 5) is 9.28. The minimum absolute atomic E-state index is 0.568. The van der Waals surface area contributed by atoms with Gasteiger partial charge in [-0.05, 0) is 23.3 Å². The largest absolute Gasteiger partial charge is 0.259 e. The average molecular weight is 374 g/mol. The Morgan fingerprint density at radius 3 is 2.57 bits per heavy atom. The lowest BCUT2D eigenvalue weighted by atomic mass is 10.0. The molecule has 3 aromatic heterocycles. The Hall–Kier alpha value is -3.42. The summed E-state index contributed by atoms with van der Waals surface area (Å²) in [6.45, 7) is 4.84. The van der Waals surface area contributed by atoms with Crippen molar-refractivity contribution in [2.75, 3.05) is 0 Å². The molecule has 0 saturated heterocycles. The summed E-state index contributed by atoms with van der Waals surface area (Å²) in [5, 5.41) is 19.0. The smallest absolute Gasteiger partial charge is 0.205 e. The predicted molar refractivity (Wildman–Crippen MR) is 105 cm³/mol. The fraction of sp³-hybridized carbons (Fsp3) is 0.300. The lowest BCUT2D eigenvalue weighted by molar-refractivity contribution is 0.616. The number of hydrogen-bond donors (Lipinski definition) is 1. The van der Waals surface area contributed by atoms with E-state index >= 15 is 0 Å². The second-order valence-corrected chi connectivity index (χ2v) is 6.52. The molecule has 0 aliphatic rings. The van der Waals surface area contributed by atoms with Gasteiger partial charge in [-0.1, -0.05) is 44.2 Å². The molecular weight excluding hydrogens is 352 g/mol. The van der Waals surface area contributed by atoms with E-state index in [0.29, 0.717) is 12.4 Å². The van der Waals surface area contributed by atoms with E-state index in [9.17, 15) is 0 Å². The number of nitrogens with one attached hydrogen (secondary N) is 1. The van der Waals surface area contributed by atoms with Crippen molar-refractivity contribution in [1.29, 1.82) is 0 Å². The second kappa shape index (κ2) is 8.08.